The predicted octanol–water partition coefficient (Wildman–Crippen LogP) is 3.48. The van der Waals surface area contributed by atoms with Gasteiger partial charge in [-0.2, -0.15) is 0 Å². The van der Waals surface area contributed by atoms with Crippen molar-refractivity contribution in [3.8, 4) is 11.5 Å². The topological polar surface area (TPSA) is 50.8 Å². The van der Waals surface area contributed by atoms with Gasteiger partial charge in [-0.1, -0.05) is 13.8 Å². The molecule has 1 saturated heterocycles. The molecule has 140 valence electrons. The summed E-state index contributed by atoms with van der Waals surface area (Å²) in [6.45, 7) is 10.7. The second kappa shape index (κ2) is 10.3. The number of benzene rings is 1. The fourth-order valence-corrected chi connectivity index (χ4v) is 3.13. The number of amides is 1. The third-order valence-corrected chi connectivity index (χ3v) is 4.43. The first-order valence-electron chi connectivity index (χ1n) is 9.60. The molecule has 1 aromatic carbocycles. The fraction of sp³-hybridized carbons (Fsp3) is 0.650. The number of piperidine rings is 1. The lowest BCUT2D eigenvalue weighted by Gasteiger charge is -2.32. The molecule has 0 spiro atoms. The van der Waals surface area contributed by atoms with E-state index in [4.69, 9.17) is 9.47 Å². The number of rotatable bonds is 9. The molecule has 0 aliphatic carbocycles. The minimum atomic E-state index is -0.0306. The first kappa shape index (κ1) is 19.6. The molecule has 1 aromatic rings. The monoisotopic (exact) mass is 348 g/mol. The highest BCUT2D eigenvalue weighted by molar-refractivity contribution is 5.95. The summed E-state index contributed by atoms with van der Waals surface area (Å²) in [5.41, 5.74) is 0.628. The Kier molecular flexibility index (Phi) is 8.06. The van der Waals surface area contributed by atoms with Gasteiger partial charge >= 0.3 is 0 Å². The van der Waals surface area contributed by atoms with Gasteiger partial charge in [-0.25, -0.2) is 0 Å². The van der Waals surface area contributed by atoms with E-state index in [1.165, 1.54) is 6.42 Å². The van der Waals surface area contributed by atoms with Crippen molar-refractivity contribution in [1.82, 2.24) is 10.2 Å². The molecule has 0 saturated carbocycles. The molecule has 5 heteroatoms. The van der Waals surface area contributed by atoms with Crippen LogP contribution in [0.3, 0.4) is 0 Å². The molecule has 25 heavy (non-hydrogen) atoms. The number of carbonyl (C=O) groups is 1. The van der Waals surface area contributed by atoms with Crippen LogP contribution in [-0.4, -0.2) is 49.7 Å². The Bertz CT molecular complexity index is 540. The lowest BCUT2D eigenvalue weighted by Crippen LogP contribution is -2.44. The molecule has 2 rings (SSSR count). The molecular formula is C20H32N2O3. The Morgan fingerprint density at radius 2 is 1.88 bits per heavy atom. The second-order valence-corrected chi connectivity index (χ2v) is 6.53. The van der Waals surface area contributed by atoms with E-state index in [1.54, 1.807) is 6.07 Å². The highest BCUT2D eigenvalue weighted by Gasteiger charge is 2.21. The van der Waals surface area contributed by atoms with Crippen molar-refractivity contribution < 1.29 is 14.3 Å². The highest BCUT2D eigenvalue weighted by Crippen LogP contribution is 2.29. The van der Waals surface area contributed by atoms with Crippen molar-refractivity contribution in [2.45, 2.75) is 52.5 Å². The third-order valence-electron chi connectivity index (χ3n) is 4.43. The Hall–Kier alpha value is -1.75. The van der Waals surface area contributed by atoms with Gasteiger partial charge in [0.05, 0.1) is 13.2 Å². The average Bonchev–Trinajstić information content (AvgIpc) is 2.62. The van der Waals surface area contributed by atoms with Gasteiger partial charge in [0.25, 0.3) is 5.91 Å². The maximum Gasteiger partial charge on any atom is 0.251 e. The normalized spacial score (nSPS) is 15.8. The van der Waals surface area contributed by atoms with Crippen LogP contribution < -0.4 is 14.8 Å². The van der Waals surface area contributed by atoms with E-state index in [9.17, 15) is 4.79 Å². The first-order valence-corrected chi connectivity index (χ1v) is 9.60. The summed E-state index contributed by atoms with van der Waals surface area (Å²) >= 11 is 0. The van der Waals surface area contributed by atoms with Gasteiger partial charge in [-0.15, -0.1) is 0 Å². The second-order valence-electron chi connectivity index (χ2n) is 6.53. The summed E-state index contributed by atoms with van der Waals surface area (Å²) in [7, 11) is 0. The molecular weight excluding hydrogens is 316 g/mol. The van der Waals surface area contributed by atoms with Crippen LogP contribution in [0, 0.1) is 0 Å². The van der Waals surface area contributed by atoms with Crippen molar-refractivity contribution >= 4 is 5.91 Å². The molecule has 0 atom stereocenters. The van der Waals surface area contributed by atoms with Crippen LogP contribution in [0.4, 0.5) is 0 Å². The molecule has 1 fully saturated rings. The zero-order valence-electron chi connectivity index (χ0n) is 15.8. The van der Waals surface area contributed by atoms with Crippen LogP contribution in [0.2, 0.25) is 0 Å². The minimum Gasteiger partial charge on any atom is -0.490 e. The zero-order valence-corrected chi connectivity index (χ0v) is 15.8. The van der Waals surface area contributed by atoms with Crippen molar-refractivity contribution in [3.05, 3.63) is 23.8 Å². The minimum absolute atomic E-state index is 0.0306. The molecule has 0 radical (unpaired) electrons. The number of nitrogens with one attached hydrogen (secondary N) is 1. The SMILES string of the molecule is CCCOc1ccc(C(=O)NC2CCN(CCC)CC2)cc1OCC. The van der Waals surface area contributed by atoms with Crippen molar-refractivity contribution in [2.24, 2.45) is 0 Å². The van der Waals surface area contributed by atoms with Crippen LogP contribution in [0.5, 0.6) is 11.5 Å². The van der Waals surface area contributed by atoms with Crippen LogP contribution in [0.15, 0.2) is 18.2 Å². The van der Waals surface area contributed by atoms with Crippen LogP contribution in [0.25, 0.3) is 0 Å². The van der Waals surface area contributed by atoms with E-state index in [2.05, 4.69) is 24.1 Å². The van der Waals surface area contributed by atoms with Crippen LogP contribution in [0.1, 0.15) is 56.8 Å². The number of carbonyl (C=O) groups excluding carboxylic acids is 1. The van der Waals surface area contributed by atoms with E-state index in [-0.39, 0.29) is 11.9 Å². The molecule has 0 unspecified atom stereocenters. The van der Waals surface area contributed by atoms with Crippen molar-refractivity contribution in [2.75, 3.05) is 32.8 Å². The van der Waals surface area contributed by atoms with Crippen LogP contribution in [-0.2, 0) is 0 Å². The number of nitrogens with zero attached hydrogens (tertiary/aromatic N) is 1. The van der Waals surface area contributed by atoms with E-state index >= 15 is 0 Å². The summed E-state index contributed by atoms with van der Waals surface area (Å²) in [5.74, 6) is 1.31. The van der Waals surface area contributed by atoms with Gasteiger partial charge in [0, 0.05) is 24.7 Å². The molecule has 1 amide bonds. The van der Waals surface area contributed by atoms with E-state index in [1.807, 2.05) is 19.1 Å². The number of hydrogen-bond donors (Lipinski definition) is 1. The molecule has 5 nitrogen and oxygen atoms in total. The smallest absolute Gasteiger partial charge is 0.251 e. The van der Waals surface area contributed by atoms with E-state index < -0.39 is 0 Å². The fourth-order valence-electron chi connectivity index (χ4n) is 3.13. The Morgan fingerprint density at radius 3 is 2.52 bits per heavy atom. The molecule has 1 N–H and O–H groups in total. The maximum atomic E-state index is 12.6. The Morgan fingerprint density at radius 1 is 1.12 bits per heavy atom. The Labute approximate surface area is 151 Å². The van der Waals surface area contributed by atoms with Gasteiger partial charge in [0.15, 0.2) is 11.5 Å². The Balaban J connectivity index is 1.95. The van der Waals surface area contributed by atoms with Gasteiger partial charge in [-0.05, 0) is 57.4 Å². The quantitative estimate of drug-likeness (QED) is 0.742. The van der Waals surface area contributed by atoms with Crippen molar-refractivity contribution in [1.29, 1.82) is 0 Å². The lowest BCUT2D eigenvalue weighted by molar-refractivity contribution is 0.0910. The van der Waals surface area contributed by atoms with Crippen LogP contribution >= 0.6 is 0 Å². The molecule has 1 aliphatic rings. The number of likely N-dealkylation sites (tertiary alicyclic amines) is 1. The van der Waals surface area contributed by atoms with E-state index in [0.29, 0.717) is 30.3 Å². The largest absolute Gasteiger partial charge is 0.490 e. The van der Waals surface area contributed by atoms with E-state index in [0.717, 1.165) is 38.9 Å². The lowest BCUT2D eigenvalue weighted by atomic mass is 10.0. The molecule has 1 aliphatic heterocycles. The highest BCUT2D eigenvalue weighted by atomic mass is 16.5. The van der Waals surface area contributed by atoms with Crippen molar-refractivity contribution in [3.63, 3.8) is 0 Å². The summed E-state index contributed by atoms with van der Waals surface area (Å²) < 4.78 is 11.3. The third kappa shape index (κ3) is 5.92. The maximum absolute atomic E-state index is 12.6. The molecule has 0 bridgehead atoms. The summed E-state index contributed by atoms with van der Waals surface area (Å²) in [6, 6.07) is 5.69. The molecule has 0 aromatic heterocycles. The summed E-state index contributed by atoms with van der Waals surface area (Å²) in [5, 5.41) is 3.17. The van der Waals surface area contributed by atoms with Gasteiger partial charge < -0.3 is 19.7 Å². The van der Waals surface area contributed by atoms with Gasteiger partial charge in [0.1, 0.15) is 0 Å². The summed E-state index contributed by atoms with van der Waals surface area (Å²) in [4.78, 5) is 15.0. The first-order chi connectivity index (χ1) is 12.2. The van der Waals surface area contributed by atoms with Gasteiger partial charge in [0.2, 0.25) is 0 Å². The molecule has 1 heterocycles. The average molecular weight is 348 g/mol. The van der Waals surface area contributed by atoms with Gasteiger partial charge in [-0.3, -0.25) is 4.79 Å². The predicted molar refractivity (Wildman–Crippen MR) is 101 cm³/mol. The zero-order chi connectivity index (χ0) is 18.1. The number of ether oxygens (including phenoxy) is 2. The number of hydrogen-bond acceptors (Lipinski definition) is 4. The summed E-state index contributed by atoms with van der Waals surface area (Å²) in [6.07, 6.45) is 4.15. The standard InChI is InChI=1S/C20H32N2O3/c1-4-11-22-12-9-17(10-13-22)21-20(23)16-7-8-18(25-14-5-2)19(15-16)24-6-3/h7-8,15,17H,4-6,9-14H2,1-3H3,(H,21,23).